The molecule has 1 aliphatic heterocycles. The summed E-state index contributed by atoms with van der Waals surface area (Å²) in [5.74, 6) is 0.792. The van der Waals surface area contributed by atoms with E-state index < -0.39 is 0 Å². The number of hydrogen-bond donors (Lipinski definition) is 1. The SMILES string of the molecule is C[C@@H](C(=O)Nc1ccc(OCc2ccccc2)cc1)N1CCC[C@@H](C(=O)N(C)C)C1. The molecule has 0 aliphatic carbocycles. The van der Waals surface area contributed by atoms with Gasteiger partial charge in [-0.2, -0.15) is 0 Å². The topological polar surface area (TPSA) is 61.9 Å². The molecule has 2 amide bonds. The summed E-state index contributed by atoms with van der Waals surface area (Å²) >= 11 is 0. The van der Waals surface area contributed by atoms with Crippen molar-refractivity contribution in [3.63, 3.8) is 0 Å². The number of likely N-dealkylation sites (tertiary alicyclic amines) is 1. The molecule has 3 rings (SSSR count). The molecular formula is C24H31N3O3. The van der Waals surface area contributed by atoms with Gasteiger partial charge in [-0.25, -0.2) is 0 Å². The van der Waals surface area contributed by atoms with Crippen LogP contribution in [0.5, 0.6) is 5.75 Å². The summed E-state index contributed by atoms with van der Waals surface area (Å²) < 4.78 is 5.79. The second kappa shape index (κ2) is 10.3. The predicted molar refractivity (Wildman–Crippen MR) is 118 cm³/mol. The molecule has 160 valence electrons. The minimum Gasteiger partial charge on any atom is -0.489 e. The maximum atomic E-state index is 12.7. The van der Waals surface area contributed by atoms with Gasteiger partial charge in [-0.3, -0.25) is 14.5 Å². The van der Waals surface area contributed by atoms with Gasteiger partial charge in [0.25, 0.3) is 0 Å². The van der Waals surface area contributed by atoms with Crippen molar-refractivity contribution in [3.05, 3.63) is 60.2 Å². The van der Waals surface area contributed by atoms with Gasteiger partial charge in [0.15, 0.2) is 0 Å². The molecule has 6 heteroatoms. The van der Waals surface area contributed by atoms with Crippen molar-refractivity contribution in [1.82, 2.24) is 9.80 Å². The first-order valence-corrected chi connectivity index (χ1v) is 10.5. The number of rotatable bonds is 7. The Kier molecular flexibility index (Phi) is 7.46. The van der Waals surface area contributed by atoms with Gasteiger partial charge in [0.1, 0.15) is 12.4 Å². The fraction of sp³-hybridized carbons (Fsp3) is 0.417. The van der Waals surface area contributed by atoms with Gasteiger partial charge in [-0.05, 0) is 56.1 Å². The largest absolute Gasteiger partial charge is 0.489 e. The number of anilines is 1. The molecule has 0 unspecified atom stereocenters. The van der Waals surface area contributed by atoms with Gasteiger partial charge < -0.3 is 15.0 Å². The minimum absolute atomic E-state index is 0.0370. The fourth-order valence-corrected chi connectivity index (χ4v) is 3.71. The molecule has 6 nitrogen and oxygen atoms in total. The highest BCUT2D eigenvalue weighted by atomic mass is 16.5. The van der Waals surface area contributed by atoms with Gasteiger partial charge in [0.05, 0.1) is 12.0 Å². The van der Waals surface area contributed by atoms with Crippen molar-refractivity contribution < 1.29 is 14.3 Å². The van der Waals surface area contributed by atoms with Gasteiger partial charge in [0, 0.05) is 26.3 Å². The number of carbonyl (C=O) groups excluding carboxylic acids is 2. The van der Waals surface area contributed by atoms with Crippen LogP contribution in [-0.4, -0.2) is 54.8 Å². The quantitative estimate of drug-likeness (QED) is 0.761. The van der Waals surface area contributed by atoms with E-state index in [-0.39, 0.29) is 23.8 Å². The third kappa shape index (κ3) is 5.83. The molecular weight excluding hydrogens is 378 g/mol. The molecule has 0 aromatic heterocycles. The maximum absolute atomic E-state index is 12.7. The molecule has 1 saturated heterocycles. The lowest BCUT2D eigenvalue weighted by atomic mass is 9.95. The average molecular weight is 410 g/mol. The molecule has 30 heavy (non-hydrogen) atoms. The van der Waals surface area contributed by atoms with E-state index in [0.717, 1.165) is 36.4 Å². The maximum Gasteiger partial charge on any atom is 0.241 e. The monoisotopic (exact) mass is 409 g/mol. The summed E-state index contributed by atoms with van der Waals surface area (Å²) in [5.41, 5.74) is 1.84. The van der Waals surface area contributed by atoms with Crippen molar-refractivity contribution in [2.75, 3.05) is 32.5 Å². The number of nitrogens with zero attached hydrogens (tertiary/aromatic N) is 2. The second-order valence-electron chi connectivity index (χ2n) is 8.03. The Morgan fingerprint density at radius 2 is 1.83 bits per heavy atom. The van der Waals surface area contributed by atoms with Crippen LogP contribution in [0.4, 0.5) is 5.69 Å². The number of carbonyl (C=O) groups is 2. The number of piperidine rings is 1. The fourth-order valence-electron chi connectivity index (χ4n) is 3.71. The summed E-state index contributed by atoms with van der Waals surface area (Å²) in [5, 5.41) is 2.98. The predicted octanol–water partition coefficient (Wildman–Crippen LogP) is 3.39. The summed E-state index contributed by atoms with van der Waals surface area (Å²) in [6.45, 7) is 3.86. The second-order valence-corrected chi connectivity index (χ2v) is 8.03. The van der Waals surface area contributed by atoms with Crippen LogP contribution in [0, 0.1) is 5.92 Å². The molecule has 0 bridgehead atoms. The number of benzene rings is 2. The summed E-state index contributed by atoms with van der Waals surface area (Å²) in [6.07, 6.45) is 1.81. The highest BCUT2D eigenvalue weighted by Crippen LogP contribution is 2.22. The normalized spacial score (nSPS) is 17.8. The molecule has 0 radical (unpaired) electrons. The highest BCUT2D eigenvalue weighted by Gasteiger charge is 2.31. The number of hydrogen-bond acceptors (Lipinski definition) is 4. The number of ether oxygens (including phenoxy) is 1. The Bertz CT molecular complexity index is 837. The van der Waals surface area contributed by atoms with Crippen LogP contribution in [0.1, 0.15) is 25.3 Å². The Balaban J connectivity index is 1.51. The van der Waals surface area contributed by atoms with Crippen LogP contribution in [0.2, 0.25) is 0 Å². The van der Waals surface area contributed by atoms with Gasteiger partial charge in [-0.1, -0.05) is 30.3 Å². The van der Waals surface area contributed by atoms with Crippen molar-refractivity contribution in [1.29, 1.82) is 0 Å². The molecule has 2 aromatic rings. The number of amides is 2. The van der Waals surface area contributed by atoms with Crippen LogP contribution in [0.3, 0.4) is 0 Å². The molecule has 1 fully saturated rings. The summed E-state index contributed by atoms with van der Waals surface area (Å²) in [6, 6.07) is 17.1. The molecule has 1 heterocycles. The third-order valence-electron chi connectivity index (χ3n) is 5.54. The van der Waals surface area contributed by atoms with E-state index in [1.165, 1.54) is 0 Å². The molecule has 2 aromatic carbocycles. The zero-order valence-electron chi connectivity index (χ0n) is 18.0. The third-order valence-corrected chi connectivity index (χ3v) is 5.54. The van der Waals surface area contributed by atoms with E-state index in [4.69, 9.17) is 4.74 Å². The highest BCUT2D eigenvalue weighted by molar-refractivity contribution is 5.94. The van der Waals surface area contributed by atoms with E-state index >= 15 is 0 Å². The van der Waals surface area contributed by atoms with E-state index in [0.29, 0.717) is 13.2 Å². The van der Waals surface area contributed by atoms with Crippen molar-refractivity contribution in [2.45, 2.75) is 32.4 Å². The van der Waals surface area contributed by atoms with E-state index in [9.17, 15) is 9.59 Å². The molecule has 0 spiro atoms. The lowest BCUT2D eigenvalue weighted by Gasteiger charge is -2.36. The van der Waals surface area contributed by atoms with Crippen LogP contribution in [0.15, 0.2) is 54.6 Å². The Morgan fingerprint density at radius 1 is 1.13 bits per heavy atom. The van der Waals surface area contributed by atoms with Crippen molar-refractivity contribution in [3.8, 4) is 5.75 Å². The zero-order chi connectivity index (χ0) is 21.5. The van der Waals surface area contributed by atoms with E-state index in [1.807, 2.05) is 61.5 Å². The molecule has 1 aliphatic rings. The molecule has 0 saturated carbocycles. The smallest absolute Gasteiger partial charge is 0.241 e. The zero-order valence-corrected chi connectivity index (χ0v) is 18.0. The van der Waals surface area contributed by atoms with Gasteiger partial charge in [-0.15, -0.1) is 0 Å². The Labute approximate surface area is 178 Å². The summed E-state index contributed by atoms with van der Waals surface area (Å²) in [4.78, 5) is 28.8. The molecule has 1 N–H and O–H groups in total. The lowest BCUT2D eigenvalue weighted by Crippen LogP contribution is -2.49. The van der Waals surface area contributed by atoms with Gasteiger partial charge in [0.2, 0.25) is 11.8 Å². The van der Waals surface area contributed by atoms with Crippen molar-refractivity contribution in [2.24, 2.45) is 5.92 Å². The molecule has 2 atom stereocenters. The van der Waals surface area contributed by atoms with E-state index in [2.05, 4.69) is 10.2 Å². The first-order valence-electron chi connectivity index (χ1n) is 10.5. The van der Waals surface area contributed by atoms with Crippen LogP contribution < -0.4 is 10.1 Å². The number of nitrogens with one attached hydrogen (secondary N) is 1. The van der Waals surface area contributed by atoms with Crippen LogP contribution in [0.25, 0.3) is 0 Å². The van der Waals surface area contributed by atoms with Crippen LogP contribution in [-0.2, 0) is 16.2 Å². The Morgan fingerprint density at radius 3 is 2.50 bits per heavy atom. The first-order chi connectivity index (χ1) is 14.4. The average Bonchev–Trinajstić information content (AvgIpc) is 2.78. The first kappa shape index (κ1) is 21.8. The minimum atomic E-state index is -0.295. The van der Waals surface area contributed by atoms with Gasteiger partial charge >= 0.3 is 0 Å². The lowest BCUT2D eigenvalue weighted by molar-refractivity contribution is -0.136. The van der Waals surface area contributed by atoms with E-state index in [1.54, 1.807) is 19.0 Å². The summed E-state index contributed by atoms with van der Waals surface area (Å²) in [7, 11) is 3.56. The van der Waals surface area contributed by atoms with Crippen LogP contribution >= 0.6 is 0 Å². The van der Waals surface area contributed by atoms with Crippen molar-refractivity contribution >= 4 is 17.5 Å². The standard InChI is InChI=1S/C24H31N3O3/c1-18(27-15-7-10-20(16-27)24(29)26(2)3)23(28)25-21-11-13-22(14-12-21)30-17-19-8-5-4-6-9-19/h4-6,8-9,11-14,18,20H,7,10,15-17H2,1-3H3,(H,25,28)/t18-,20+/m0/s1. The Hall–Kier alpha value is -2.86.